The normalized spacial score (nSPS) is 11.4. The Balaban J connectivity index is 1.67. The van der Waals surface area contributed by atoms with Gasteiger partial charge in [0.1, 0.15) is 17.5 Å². The molecular weight excluding hydrogens is 420 g/mol. The summed E-state index contributed by atoms with van der Waals surface area (Å²) in [7, 11) is 3.08. The van der Waals surface area contributed by atoms with Gasteiger partial charge in [-0.05, 0) is 54.4 Å². The number of nitrogens with one attached hydrogen (secondary N) is 2. The van der Waals surface area contributed by atoms with Gasteiger partial charge < -0.3 is 24.8 Å². The maximum atomic E-state index is 12.9. The Hall–Kier alpha value is -4.00. The largest absolute Gasteiger partial charge is 0.496 e. The molecule has 7 heteroatoms. The Kier molecular flexibility index (Phi) is 7.91. The molecule has 0 aliphatic carbocycles. The number of anilines is 1. The predicted molar refractivity (Wildman–Crippen MR) is 127 cm³/mol. The zero-order chi connectivity index (χ0) is 23.8. The summed E-state index contributed by atoms with van der Waals surface area (Å²) in [6.45, 7) is 3.74. The fraction of sp³-hybridized carbons (Fsp3) is 0.231. The van der Waals surface area contributed by atoms with Gasteiger partial charge >= 0.3 is 0 Å². The van der Waals surface area contributed by atoms with E-state index in [1.165, 1.54) is 7.11 Å². The van der Waals surface area contributed by atoms with Gasteiger partial charge in [0.2, 0.25) is 5.91 Å². The van der Waals surface area contributed by atoms with Crippen LogP contribution in [0.15, 0.2) is 72.8 Å². The number of hydrogen-bond acceptors (Lipinski definition) is 5. The number of amides is 2. The Morgan fingerprint density at radius 3 is 1.94 bits per heavy atom. The van der Waals surface area contributed by atoms with E-state index < -0.39 is 6.04 Å². The molecule has 0 saturated carbocycles. The highest BCUT2D eigenvalue weighted by Gasteiger charge is 2.26. The average molecular weight is 449 g/mol. The highest BCUT2D eigenvalue weighted by molar-refractivity contribution is 6.02. The summed E-state index contributed by atoms with van der Waals surface area (Å²) in [5.41, 5.74) is 0.959. The molecule has 0 aromatic heterocycles. The summed E-state index contributed by atoms with van der Waals surface area (Å²) in [5.74, 6) is 1.45. The third kappa shape index (κ3) is 6.04. The molecule has 0 aliphatic rings. The maximum Gasteiger partial charge on any atom is 0.255 e. The monoisotopic (exact) mass is 448 g/mol. The van der Waals surface area contributed by atoms with Crippen LogP contribution in [0.25, 0.3) is 0 Å². The van der Waals surface area contributed by atoms with E-state index in [1.54, 1.807) is 55.6 Å². The number of rotatable bonds is 9. The molecule has 7 nitrogen and oxygen atoms in total. The van der Waals surface area contributed by atoms with Crippen molar-refractivity contribution in [3.05, 3.63) is 78.4 Å². The molecule has 0 bridgehead atoms. The summed E-state index contributed by atoms with van der Waals surface area (Å²) in [6.07, 6.45) is 0. The first-order valence-electron chi connectivity index (χ1n) is 10.6. The molecule has 3 aromatic rings. The number of methoxy groups -OCH3 is 2. The van der Waals surface area contributed by atoms with E-state index >= 15 is 0 Å². The van der Waals surface area contributed by atoms with Crippen LogP contribution in [0.2, 0.25) is 0 Å². The van der Waals surface area contributed by atoms with Crippen LogP contribution in [0.1, 0.15) is 24.2 Å². The van der Waals surface area contributed by atoms with Gasteiger partial charge in [0.15, 0.2) is 11.5 Å². The van der Waals surface area contributed by atoms with Crippen molar-refractivity contribution in [3.8, 4) is 23.0 Å². The number of carbonyl (C=O) groups is 2. The Morgan fingerprint density at radius 2 is 1.33 bits per heavy atom. The van der Waals surface area contributed by atoms with Crippen molar-refractivity contribution in [2.45, 2.75) is 19.9 Å². The SMILES string of the molecule is COc1ccccc1Oc1ccc(NC(=O)[C@@H](NC(=O)c2ccccc2OC)C(C)C)cc1. The van der Waals surface area contributed by atoms with Crippen molar-refractivity contribution in [2.24, 2.45) is 5.92 Å². The van der Waals surface area contributed by atoms with E-state index in [2.05, 4.69) is 10.6 Å². The molecule has 172 valence electrons. The van der Waals surface area contributed by atoms with Gasteiger partial charge in [-0.3, -0.25) is 9.59 Å². The molecule has 0 aliphatic heterocycles. The van der Waals surface area contributed by atoms with Crippen LogP contribution in [0.5, 0.6) is 23.0 Å². The van der Waals surface area contributed by atoms with Crippen molar-refractivity contribution in [2.75, 3.05) is 19.5 Å². The fourth-order valence-electron chi connectivity index (χ4n) is 3.24. The molecule has 1 atom stereocenters. The predicted octanol–water partition coefficient (Wildman–Crippen LogP) is 4.89. The van der Waals surface area contributed by atoms with Crippen molar-refractivity contribution in [1.29, 1.82) is 0 Å². The van der Waals surface area contributed by atoms with Gasteiger partial charge in [0, 0.05) is 5.69 Å². The van der Waals surface area contributed by atoms with Gasteiger partial charge in [-0.15, -0.1) is 0 Å². The van der Waals surface area contributed by atoms with Crippen molar-refractivity contribution in [3.63, 3.8) is 0 Å². The maximum absolute atomic E-state index is 12.9. The lowest BCUT2D eigenvalue weighted by atomic mass is 10.0. The minimum absolute atomic E-state index is 0.128. The van der Waals surface area contributed by atoms with Gasteiger partial charge in [0.05, 0.1) is 19.8 Å². The summed E-state index contributed by atoms with van der Waals surface area (Å²) in [4.78, 5) is 25.7. The fourth-order valence-corrected chi connectivity index (χ4v) is 3.24. The van der Waals surface area contributed by atoms with Gasteiger partial charge in [-0.1, -0.05) is 38.1 Å². The molecule has 2 amide bonds. The summed E-state index contributed by atoms with van der Waals surface area (Å²) in [5, 5.41) is 5.67. The molecule has 0 saturated heterocycles. The number of ether oxygens (including phenoxy) is 3. The molecule has 3 rings (SSSR count). The first-order valence-corrected chi connectivity index (χ1v) is 10.6. The van der Waals surface area contributed by atoms with Gasteiger partial charge in [-0.2, -0.15) is 0 Å². The molecular formula is C26H28N2O5. The molecule has 0 spiro atoms. The number of carbonyl (C=O) groups excluding carboxylic acids is 2. The lowest BCUT2D eigenvalue weighted by molar-refractivity contribution is -0.118. The van der Waals surface area contributed by atoms with Crippen LogP contribution >= 0.6 is 0 Å². The average Bonchev–Trinajstić information content (AvgIpc) is 2.83. The summed E-state index contributed by atoms with van der Waals surface area (Å²) >= 11 is 0. The highest BCUT2D eigenvalue weighted by atomic mass is 16.5. The lowest BCUT2D eigenvalue weighted by Gasteiger charge is -2.22. The Morgan fingerprint density at radius 1 is 0.758 bits per heavy atom. The van der Waals surface area contributed by atoms with Crippen LogP contribution < -0.4 is 24.8 Å². The second kappa shape index (κ2) is 11.0. The third-order valence-corrected chi connectivity index (χ3v) is 5.01. The molecule has 0 radical (unpaired) electrons. The number of benzene rings is 3. The molecule has 0 fully saturated rings. The standard InChI is InChI=1S/C26H28N2O5/c1-17(2)24(28-25(29)20-9-5-6-10-21(20)31-3)26(30)27-18-13-15-19(16-14-18)33-23-12-8-7-11-22(23)32-4/h5-17,24H,1-4H3,(H,27,30)(H,28,29)/t24-/m0/s1. The topological polar surface area (TPSA) is 85.9 Å². The third-order valence-electron chi connectivity index (χ3n) is 5.01. The molecule has 33 heavy (non-hydrogen) atoms. The van der Waals surface area contributed by atoms with E-state index in [0.29, 0.717) is 34.2 Å². The second-order valence-corrected chi connectivity index (χ2v) is 7.66. The Bertz CT molecular complexity index is 1100. The lowest BCUT2D eigenvalue weighted by Crippen LogP contribution is -2.47. The van der Waals surface area contributed by atoms with Crippen LogP contribution in [0.4, 0.5) is 5.69 Å². The van der Waals surface area contributed by atoms with E-state index in [1.807, 2.05) is 38.1 Å². The zero-order valence-electron chi connectivity index (χ0n) is 19.1. The van der Waals surface area contributed by atoms with Crippen LogP contribution in [-0.2, 0) is 4.79 Å². The van der Waals surface area contributed by atoms with Crippen LogP contribution in [-0.4, -0.2) is 32.1 Å². The number of hydrogen-bond donors (Lipinski definition) is 2. The first-order chi connectivity index (χ1) is 15.9. The van der Waals surface area contributed by atoms with E-state index in [0.717, 1.165) is 0 Å². The molecule has 0 heterocycles. The van der Waals surface area contributed by atoms with Crippen LogP contribution in [0.3, 0.4) is 0 Å². The van der Waals surface area contributed by atoms with Crippen molar-refractivity contribution >= 4 is 17.5 Å². The minimum Gasteiger partial charge on any atom is -0.496 e. The zero-order valence-corrected chi connectivity index (χ0v) is 19.1. The molecule has 3 aromatic carbocycles. The van der Waals surface area contributed by atoms with E-state index in [-0.39, 0.29) is 17.7 Å². The molecule has 2 N–H and O–H groups in total. The summed E-state index contributed by atoms with van der Waals surface area (Å²) in [6, 6.07) is 20.5. The van der Waals surface area contributed by atoms with Crippen molar-refractivity contribution < 1.29 is 23.8 Å². The summed E-state index contributed by atoms with van der Waals surface area (Å²) < 4.78 is 16.4. The minimum atomic E-state index is -0.730. The van der Waals surface area contributed by atoms with E-state index in [9.17, 15) is 9.59 Å². The number of para-hydroxylation sites is 3. The van der Waals surface area contributed by atoms with Gasteiger partial charge in [0.25, 0.3) is 5.91 Å². The van der Waals surface area contributed by atoms with E-state index in [4.69, 9.17) is 14.2 Å². The van der Waals surface area contributed by atoms with Crippen molar-refractivity contribution in [1.82, 2.24) is 5.32 Å². The first kappa shape index (κ1) is 23.7. The van der Waals surface area contributed by atoms with Crippen LogP contribution in [0, 0.1) is 5.92 Å². The quantitative estimate of drug-likeness (QED) is 0.487. The van der Waals surface area contributed by atoms with Gasteiger partial charge in [-0.25, -0.2) is 0 Å². The molecule has 0 unspecified atom stereocenters. The second-order valence-electron chi connectivity index (χ2n) is 7.66. The smallest absolute Gasteiger partial charge is 0.255 e. The Labute approximate surface area is 193 Å². The highest BCUT2D eigenvalue weighted by Crippen LogP contribution is 2.31.